The Morgan fingerprint density at radius 3 is 2.39 bits per heavy atom. The van der Waals surface area contributed by atoms with Gasteiger partial charge in [0.2, 0.25) is 17.7 Å². The number of hydrogen-bond donors (Lipinski definition) is 5. The summed E-state index contributed by atoms with van der Waals surface area (Å²) < 4.78 is 0. The fourth-order valence-electron chi connectivity index (χ4n) is 3.07. The second-order valence-corrected chi connectivity index (χ2v) is 7.63. The Kier molecular flexibility index (Phi) is 12.2. The maximum absolute atomic E-state index is 13.1. The molecule has 33 heavy (non-hydrogen) atoms. The van der Waals surface area contributed by atoms with Gasteiger partial charge < -0.3 is 32.1 Å². The van der Waals surface area contributed by atoms with Crippen LogP contribution in [0.15, 0.2) is 30.3 Å². The first-order valence-corrected chi connectivity index (χ1v) is 10.7. The van der Waals surface area contributed by atoms with E-state index < -0.39 is 41.8 Å². The zero-order chi connectivity index (χ0) is 24.8. The van der Waals surface area contributed by atoms with Crippen molar-refractivity contribution < 1.29 is 24.3 Å². The van der Waals surface area contributed by atoms with Crippen molar-refractivity contribution in [1.29, 1.82) is 0 Å². The van der Waals surface area contributed by atoms with Crippen LogP contribution in [0.1, 0.15) is 31.2 Å². The van der Waals surface area contributed by atoms with E-state index in [1.807, 2.05) is 6.07 Å². The second kappa shape index (κ2) is 14.6. The Morgan fingerprint density at radius 2 is 1.82 bits per heavy atom. The standard InChI is InChI=1S/C23H33N5O5/c1-3-9-17(25)21(30)26-15-20(29)28(2)19(14-16-10-5-4-6-11-16)22(31)27-18(23(32)33)12-7-8-13-24/h1,4-6,10-11,17-19H,7-9,12-15,24-25H2,2H3,(H,26,30)(H,27,31)(H,32,33)/t17-,18-,19+/m1/s1. The lowest BCUT2D eigenvalue weighted by Crippen LogP contribution is -2.55. The van der Waals surface area contributed by atoms with Crippen molar-refractivity contribution >= 4 is 23.7 Å². The molecule has 10 nitrogen and oxygen atoms in total. The fraction of sp³-hybridized carbons (Fsp3) is 0.478. The van der Waals surface area contributed by atoms with Gasteiger partial charge in [0.15, 0.2) is 0 Å². The third-order valence-electron chi connectivity index (χ3n) is 5.09. The number of nitrogens with one attached hydrogen (secondary N) is 2. The zero-order valence-electron chi connectivity index (χ0n) is 18.8. The molecule has 0 spiro atoms. The highest BCUT2D eigenvalue weighted by molar-refractivity contribution is 5.92. The van der Waals surface area contributed by atoms with Crippen LogP contribution in [0.3, 0.4) is 0 Å². The number of hydrogen-bond acceptors (Lipinski definition) is 6. The van der Waals surface area contributed by atoms with Gasteiger partial charge in [-0.15, -0.1) is 12.3 Å². The van der Waals surface area contributed by atoms with Crippen molar-refractivity contribution in [3.8, 4) is 12.3 Å². The third kappa shape index (κ3) is 9.72. The lowest BCUT2D eigenvalue weighted by Gasteiger charge is -2.29. The van der Waals surface area contributed by atoms with E-state index in [9.17, 15) is 24.3 Å². The summed E-state index contributed by atoms with van der Waals surface area (Å²) >= 11 is 0. The Bertz CT molecular complexity index is 839. The maximum atomic E-state index is 13.1. The van der Waals surface area contributed by atoms with E-state index in [1.54, 1.807) is 24.3 Å². The number of unbranched alkanes of at least 4 members (excludes halogenated alkanes) is 1. The number of rotatable bonds is 14. The molecule has 0 bridgehead atoms. The molecular formula is C23H33N5O5. The average Bonchev–Trinajstić information content (AvgIpc) is 2.80. The summed E-state index contributed by atoms with van der Waals surface area (Å²) in [6.07, 6.45) is 6.71. The molecule has 0 saturated carbocycles. The van der Waals surface area contributed by atoms with Gasteiger partial charge in [0.05, 0.1) is 12.6 Å². The Balaban J connectivity index is 2.94. The van der Waals surface area contributed by atoms with Gasteiger partial charge in [-0.1, -0.05) is 30.3 Å². The highest BCUT2D eigenvalue weighted by atomic mass is 16.4. The molecular weight excluding hydrogens is 426 g/mol. The monoisotopic (exact) mass is 459 g/mol. The van der Waals surface area contributed by atoms with Gasteiger partial charge in [-0.05, 0) is 31.4 Å². The van der Waals surface area contributed by atoms with Crippen LogP contribution in [0.2, 0.25) is 0 Å². The molecule has 3 atom stereocenters. The van der Waals surface area contributed by atoms with Gasteiger partial charge in [-0.2, -0.15) is 0 Å². The predicted molar refractivity (Wildman–Crippen MR) is 124 cm³/mol. The third-order valence-corrected chi connectivity index (χ3v) is 5.09. The Labute approximate surface area is 194 Å². The molecule has 0 saturated heterocycles. The number of carboxylic acids is 1. The molecule has 7 N–H and O–H groups in total. The normalized spacial score (nSPS) is 13.2. The minimum atomic E-state index is -1.16. The van der Waals surface area contributed by atoms with Gasteiger partial charge in [0, 0.05) is 19.9 Å². The average molecular weight is 460 g/mol. The number of likely N-dealkylation sites (N-methyl/N-ethyl adjacent to an activating group) is 1. The Hall–Kier alpha value is -3.42. The summed E-state index contributed by atoms with van der Waals surface area (Å²) in [6.45, 7) is 0.0376. The quantitative estimate of drug-likeness (QED) is 0.180. The summed E-state index contributed by atoms with van der Waals surface area (Å²) in [5, 5.41) is 14.4. The van der Waals surface area contributed by atoms with Crippen LogP contribution >= 0.6 is 0 Å². The molecule has 0 aliphatic carbocycles. The van der Waals surface area contributed by atoms with Gasteiger partial charge in [-0.3, -0.25) is 14.4 Å². The number of benzene rings is 1. The molecule has 1 aromatic rings. The molecule has 0 fully saturated rings. The number of nitrogens with zero attached hydrogens (tertiary/aromatic N) is 1. The number of carbonyl (C=O) groups excluding carboxylic acids is 3. The van der Waals surface area contributed by atoms with Crippen molar-refractivity contribution in [1.82, 2.24) is 15.5 Å². The van der Waals surface area contributed by atoms with E-state index in [2.05, 4.69) is 16.6 Å². The fourth-order valence-corrected chi connectivity index (χ4v) is 3.07. The van der Waals surface area contributed by atoms with E-state index in [0.29, 0.717) is 19.4 Å². The predicted octanol–water partition coefficient (Wildman–Crippen LogP) is -0.779. The molecule has 10 heteroatoms. The second-order valence-electron chi connectivity index (χ2n) is 7.63. The first-order chi connectivity index (χ1) is 15.7. The lowest BCUT2D eigenvalue weighted by molar-refractivity contribution is -0.144. The van der Waals surface area contributed by atoms with Crippen LogP contribution in [-0.4, -0.2) is 72.0 Å². The maximum Gasteiger partial charge on any atom is 0.326 e. The minimum Gasteiger partial charge on any atom is -0.480 e. The van der Waals surface area contributed by atoms with E-state index in [-0.39, 0.29) is 25.8 Å². The van der Waals surface area contributed by atoms with Gasteiger partial charge >= 0.3 is 5.97 Å². The number of nitrogens with two attached hydrogens (primary N) is 2. The molecule has 0 aliphatic rings. The minimum absolute atomic E-state index is 0.0234. The van der Waals surface area contributed by atoms with Gasteiger partial charge in [-0.25, -0.2) is 4.79 Å². The van der Waals surface area contributed by atoms with Crippen molar-refractivity contribution in [3.63, 3.8) is 0 Å². The molecule has 0 aliphatic heterocycles. The summed E-state index contributed by atoms with van der Waals surface area (Å²) in [6, 6.07) is 5.98. The van der Waals surface area contributed by atoms with Crippen LogP contribution in [0.4, 0.5) is 0 Å². The van der Waals surface area contributed by atoms with Crippen molar-refractivity contribution in [2.75, 3.05) is 20.1 Å². The van der Waals surface area contributed by atoms with Gasteiger partial charge in [0.25, 0.3) is 0 Å². The van der Waals surface area contributed by atoms with Crippen LogP contribution in [0.25, 0.3) is 0 Å². The molecule has 180 valence electrons. The smallest absolute Gasteiger partial charge is 0.326 e. The number of amides is 3. The molecule has 0 unspecified atom stereocenters. The molecule has 1 rings (SSSR count). The molecule has 0 aromatic heterocycles. The zero-order valence-corrected chi connectivity index (χ0v) is 18.8. The van der Waals surface area contributed by atoms with Gasteiger partial charge in [0.1, 0.15) is 12.1 Å². The summed E-state index contributed by atoms with van der Waals surface area (Å²) in [4.78, 5) is 50.5. The first-order valence-electron chi connectivity index (χ1n) is 10.7. The first kappa shape index (κ1) is 27.6. The number of carbonyl (C=O) groups is 4. The number of terminal acetylenes is 1. The van der Waals surface area contributed by atoms with Crippen LogP contribution < -0.4 is 22.1 Å². The number of carboxylic acid groups (broad SMARTS) is 1. The van der Waals surface area contributed by atoms with Crippen LogP contribution in [-0.2, 0) is 25.6 Å². The van der Waals surface area contributed by atoms with E-state index in [1.165, 1.54) is 11.9 Å². The number of aliphatic carboxylic acids is 1. The van der Waals surface area contributed by atoms with E-state index >= 15 is 0 Å². The largest absolute Gasteiger partial charge is 0.480 e. The van der Waals surface area contributed by atoms with Crippen molar-refractivity contribution in [3.05, 3.63) is 35.9 Å². The van der Waals surface area contributed by atoms with Crippen LogP contribution in [0.5, 0.6) is 0 Å². The SMILES string of the molecule is C#CC[C@@H](N)C(=O)NCC(=O)N(C)[C@@H](Cc1ccccc1)C(=O)N[C@H](CCCCN)C(=O)O. The Morgan fingerprint density at radius 1 is 1.15 bits per heavy atom. The molecule has 0 radical (unpaired) electrons. The topological polar surface area (TPSA) is 168 Å². The molecule has 3 amide bonds. The summed E-state index contributed by atoms with van der Waals surface area (Å²) in [5.41, 5.74) is 11.9. The van der Waals surface area contributed by atoms with Crippen molar-refractivity contribution in [2.24, 2.45) is 11.5 Å². The molecule has 0 heterocycles. The lowest BCUT2D eigenvalue weighted by atomic mass is 10.0. The van der Waals surface area contributed by atoms with Crippen molar-refractivity contribution in [2.45, 2.75) is 50.2 Å². The molecule has 1 aromatic carbocycles. The summed E-state index contributed by atoms with van der Waals surface area (Å²) in [5.74, 6) is -0.613. The van der Waals surface area contributed by atoms with Crippen LogP contribution in [0, 0.1) is 12.3 Å². The van der Waals surface area contributed by atoms with E-state index in [4.69, 9.17) is 17.9 Å². The highest BCUT2D eigenvalue weighted by Crippen LogP contribution is 2.10. The summed E-state index contributed by atoms with van der Waals surface area (Å²) in [7, 11) is 1.42. The van der Waals surface area contributed by atoms with E-state index in [0.717, 1.165) is 5.56 Å². The highest BCUT2D eigenvalue weighted by Gasteiger charge is 2.30.